The van der Waals surface area contributed by atoms with E-state index >= 15 is 0 Å². The van der Waals surface area contributed by atoms with Crippen LogP contribution in [0.5, 0.6) is 5.75 Å². The third kappa shape index (κ3) is 5.07. The Morgan fingerprint density at radius 1 is 1.42 bits per heavy atom. The van der Waals surface area contributed by atoms with Crippen molar-refractivity contribution < 1.29 is 9.53 Å². The maximum Gasteiger partial charge on any atom is 0.267 e. The number of hydrogen-bond acceptors (Lipinski definition) is 6. The molecule has 1 atom stereocenters. The minimum atomic E-state index is -0.569. The van der Waals surface area contributed by atoms with Crippen molar-refractivity contribution in [2.24, 2.45) is 0 Å². The predicted molar refractivity (Wildman–Crippen MR) is 100 cm³/mol. The van der Waals surface area contributed by atoms with Crippen molar-refractivity contribution >= 4 is 34.1 Å². The Hall–Kier alpha value is -1.86. The van der Waals surface area contributed by atoms with Crippen LogP contribution in [0.3, 0.4) is 0 Å². The topological polar surface area (TPSA) is 64.1 Å². The van der Waals surface area contributed by atoms with Crippen LogP contribution in [0, 0.1) is 13.8 Å². The Bertz CT molecular complexity index is 716. The van der Waals surface area contributed by atoms with Gasteiger partial charge in [0.05, 0.1) is 0 Å². The molecule has 1 aromatic carbocycles. The summed E-state index contributed by atoms with van der Waals surface area (Å²) in [6, 6.07) is 5.82. The van der Waals surface area contributed by atoms with E-state index in [1.807, 2.05) is 39.0 Å². The molecule has 2 rings (SSSR count). The van der Waals surface area contributed by atoms with Crippen LogP contribution < -0.4 is 10.1 Å². The SMILES string of the molecule is C=CCSc1nnc(NC(=O)[C@H](CC)Oc2ccc(C)c(C)c2)s1. The zero-order valence-electron chi connectivity index (χ0n) is 14.0. The first kappa shape index (κ1) is 18.5. The quantitative estimate of drug-likeness (QED) is 0.432. The van der Waals surface area contributed by atoms with Crippen LogP contribution >= 0.6 is 23.1 Å². The first-order valence-corrected chi connectivity index (χ1v) is 9.45. The summed E-state index contributed by atoms with van der Waals surface area (Å²) >= 11 is 2.88. The number of nitrogens with zero attached hydrogens (tertiary/aromatic N) is 2. The summed E-state index contributed by atoms with van der Waals surface area (Å²) in [4.78, 5) is 12.4. The first-order chi connectivity index (χ1) is 11.5. The highest BCUT2D eigenvalue weighted by Crippen LogP contribution is 2.26. The second kappa shape index (κ2) is 8.84. The molecular formula is C17H21N3O2S2. The Labute approximate surface area is 150 Å². The molecule has 5 nitrogen and oxygen atoms in total. The lowest BCUT2D eigenvalue weighted by Gasteiger charge is -2.17. The summed E-state index contributed by atoms with van der Waals surface area (Å²) in [6.07, 6.45) is 1.80. The molecule has 2 aromatic rings. The third-order valence-corrected chi connectivity index (χ3v) is 5.35. The van der Waals surface area contributed by atoms with Crippen molar-refractivity contribution in [3.8, 4) is 5.75 Å². The van der Waals surface area contributed by atoms with Gasteiger partial charge in [-0.05, 0) is 43.5 Å². The Morgan fingerprint density at radius 3 is 2.88 bits per heavy atom. The van der Waals surface area contributed by atoms with E-state index in [1.165, 1.54) is 28.7 Å². The lowest BCUT2D eigenvalue weighted by Crippen LogP contribution is -2.32. The normalized spacial score (nSPS) is 11.8. The second-order valence-electron chi connectivity index (χ2n) is 5.22. The number of hydrogen-bond donors (Lipinski definition) is 1. The standard InChI is InChI=1S/C17H21N3O2S2/c1-5-9-23-17-20-19-16(24-17)18-15(21)14(6-2)22-13-8-7-11(3)12(4)10-13/h5,7-8,10,14H,1,6,9H2,2-4H3,(H,18,19,21)/t14-/m0/s1. The van der Waals surface area contributed by atoms with Crippen molar-refractivity contribution in [2.75, 3.05) is 11.1 Å². The predicted octanol–water partition coefficient (Wildman–Crippen LogP) is 4.23. The largest absolute Gasteiger partial charge is 0.481 e. The lowest BCUT2D eigenvalue weighted by molar-refractivity contribution is -0.122. The van der Waals surface area contributed by atoms with Crippen molar-refractivity contribution in [3.05, 3.63) is 42.0 Å². The summed E-state index contributed by atoms with van der Waals surface area (Å²) < 4.78 is 6.63. The number of carbonyl (C=O) groups excluding carboxylic acids is 1. The van der Waals surface area contributed by atoms with E-state index in [0.29, 0.717) is 17.3 Å². The van der Waals surface area contributed by atoms with Crippen LogP contribution in [0.25, 0.3) is 0 Å². The molecule has 0 unspecified atom stereocenters. The minimum absolute atomic E-state index is 0.216. The molecule has 1 amide bonds. The van der Waals surface area contributed by atoms with Gasteiger partial charge in [0.25, 0.3) is 5.91 Å². The molecule has 1 aromatic heterocycles. The van der Waals surface area contributed by atoms with E-state index < -0.39 is 6.10 Å². The van der Waals surface area contributed by atoms with E-state index in [9.17, 15) is 4.79 Å². The fourth-order valence-electron chi connectivity index (χ4n) is 1.91. The summed E-state index contributed by atoms with van der Waals surface area (Å²) in [5.41, 5.74) is 2.33. The number of amides is 1. The van der Waals surface area contributed by atoms with E-state index in [0.717, 1.165) is 15.7 Å². The molecule has 0 spiro atoms. The fraction of sp³-hybridized carbons (Fsp3) is 0.353. The van der Waals surface area contributed by atoms with Crippen LogP contribution in [0.1, 0.15) is 24.5 Å². The highest BCUT2D eigenvalue weighted by Gasteiger charge is 2.20. The molecule has 0 fully saturated rings. The number of aryl methyl sites for hydroxylation is 2. The van der Waals surface area contributed by atoms with Crippen molar-refractivity contribution in [1.82, 2.24) is 10.2 Å². The first-order valence-electron chi connectivity index (χ1n) is 7.65. The molecule has 0 radical (unpaired) electrons. The minimum Gasteiger partial charge on any atom is -0.481 e. The van der Waals surface area contributed by atoms with E-state index in [-0.39, 0.29) is 5.91 Å². The van der Waals surface area contributed by atoms with Crippen LogP contribution in [0.15, 0.2) is 35.2 Å². The van der Waals surface area contributed by atoms with Crippen LogP contribution in [0.4, 0.5) is 5.13 Å². The fourth-order valence-corrected chi connectivity index (χ4v) is 3.42. The van der Waals surface area contributed by atoms with Gasteiger partial charge < -0.3 is 4.74 Å². The molecule has 7 heteroatoms. The number of ether oxygens (including phenoxy) is 1. The van der Waals surface area contributed by atoms with E-state index in [1.54, 1.807) is 6.08 Å². The zero-order valence-corrected chi connectivity index (χ0v) is 15.7. The average molecular weight is 364 g/mol. The molecule has 0 saturated heterocycles. The Kier molecular flexibility index (Phi) is 6.81. The van der Waals surface area contributed by atoms with Gasteiger partial charge in [0, 0.05) is 5.75 Å². The van der Waals surface area contributed by atoms with Gasteiger partial charge in [-0.2, -0.15) is 0 Å². The van der Waals surface area contributed by atoms with Gasteiger partial charge in [-0.1, -0.05) is 42.2 Å². The number of benzene rings is 1. The molecule has 0 aliphatic heterocycles. The van der Waals surface area contributed by atoms with Gasteiger partial charge in [-0.3, -0.25) is 10.1 Å². The van der Waals surface area contributed by atoms with Crippen molar-refractivity contribution in [2.45, 2.75) is 37.6 Å². The monoisotopic (exact) mass is 363 g/mol. The maximum atomic E-state index is 12.4. The zero-order chi connectivity index (χ0) is 17.5. The summed E-state index contributed by atoms with van der Waals surface area (Å²) in [5, 5.41) is 11.3. The lowest BCUT2D eigenvalue weighted by atomic mass is 10.1. The van der Waals surface area contributed by atoms with E-state index in [2.05, 4.69) is 22.1 Å². The van der Waals surface area contributed by atoms with Crippen LogP contribution in [0.2, 0.25) is 0 Å². The maximum absolute atomic E-state index is 12.4. The smallest absolute Gasteiger partial charge is 0.267 e. The molecule has 0 bridgehead atoms. The number of thioether (sulfide) groups is 1. The highest BCUT2D eigenvalue weighted by atomic mass is 32.2. The number of aromatic nitrogens is 2. The van der Waals surface area contributed by atoms with Crippen molar-refractivity contribution in [3.63, 3.8) is 0 Å². The molecular weight excluding hydrogens is 342 g/mol. The molecule has 128 valence electrons. The third-order valence-electron chi connectivity index (χ3n) is 3.38. The second-order valence-corrected chi connectivity index (χ2v) is 7.47. The molecule has 1 heterocycles. The summed E-state index contributed by atoms with van der Waals surface area (Å²) in [6.45, 7) is 9.64. The van der Waals surface area contributed by atoms with Crippen LogP contribution in [-0.2, 0) is 4.79 Å². The molecule has 24 heavy (non-hydrogen) atoms. The highest BCUT2D eigenvalue weighted by molar-refractivity contribution is 8.01. The molecule has 0 aliphatic carbocycles. The van der Waals surface area contributed by atoms with Gasteiger partial charge in [0.15, 0.2) is 10.4 Å². The number of nitrogens with one attached hydrogen (secondary N) is 1. The molecule has 0 aliphatic rings. The van der Waals surface area contributed by atoms with Crippen LogP contribution in [-0.4, -0.2) is 28.0 Å². The van der Waals surface area contributed by atoms with Crippen molar-refractivity contribution in [1.29, 1.82) is 0 Å². The number of anilines is 1. The van der Waals surface area contributed by atoms with Gasteiger partial charge in [-0.25, -0.2) is 0 Å². The summed E-state index contributed by atoms with van der Waals surface area (Å²) in [7, 11) is 0. The number of rotatable bonds is 8. The van der Waals surface area contributed by atoms with Gasteiger partial charge in [-0.15, -0.1) is 16.8 Å². The van der Waals surface area contributed by atoms with Gasteiger partial charge >= 0.3 is 0 Å². The average Bonchev–Trinajstić information content (AvgIpc) is 3.01. The Balaban J connectivity index is 1.99. The summed E-state index contributed by atoms with van der Waals surface area (Å²) in [5.74, 6) is 1.24. The Morgan fingerprint density at radius 2 is 2.21 bits per heavy atom. The van der Waals surface area contributed by atoms with E-state index in [4.69, 9.17) is 4.74 Å². The van der Waals surface area contributed by atoms with Gasteiger partial charge in [0.2, 0.25) is 5.13 Å². The molecule has 0 saturated carbocycles. The van der Waals surface area contributed by atoms with Gasteiger partial charge in [0.1, 0.15) is 5.75 Å². The molecule has 1 N–H and O–H groups in total. The number of carbonyl (C=O) groups is 1.